The molecule has 0 atom stereocenters. The largest absolute Gasteiger partial charge is 0.481 e. The smallest absolute Gasteiger partial charge is 0.261 e. The van der Waals surface area contributed by atoms with Crippen molar-refractivity contribution < 1.29 is 9.53 Å². The summed E-state index contributed by atoms with van der Waals surface area (Å²) in [6, 6.07) is 6.50. The summed E-state index contributed by atoms with van der Waals surface area (Å²) in [5.74, 6) is 0.0202. The van der Waals surface area contributed by atoms with Crippen molar-refractivity contribution in [1.82, 2.24) is 9.97 Å². The van der Waals surface area contributed by atoms with Gasteiger partial charge >= 0.3 is 0 Å². The van der Waals surface area contributed by atoms with E-state index in [1.165, 1.54) is 7.11 Å². The quantitative estimate of drug-likeness (QED) is 0.847. The second-order valence-corrected chi connectivity index (χ2v) is 4.44. The van der Waals surface area contributed by atoms with E-state index in [4.69, 9.17) is 22.1 Å². The molecule has 0 unspecified atom stereocenters. The van der Waals surface area contributed by atoms with E-state index >= 15 is 0 Å². The Morgan fingerprint density at radius 3 is 2.80 bits per heavy atom. The van der Waals surface area contributed by atoms with E-state index < -0.39 is 5.91 Å². The number of hydrogen-bond donors (Lipinski definition) is 2. The van der Waals surface area contributed by atoms with E-state index in [1.54, 1.807) is 31.2 Å². The van der Waals surface area contributed by atoms with E-state index in [9.17, 15) is 4.79 Å². The van der Waals surface area contributed by atoms with Gasteiger partial charge in [-0.25, -0.2) is 4.98 Å². The minimum absolute atomic E-state index is 0.131. The number of aryl methyl sites for hydroxylation is 1. The molecule has 0 bridgehead atoms. The lowest BCUT2D eigenvalue weighted by atomic mass is 10.1. The molecular weight excluding hydrogens is 280 g/mol. The second kappa shape index (κ2) is 5.75. The summed E-state index contributed by atoms with van der Waals surface area (Å²) < 4.78 is 5.02. The van der Waals surface area contributed by atoms with Gasteiger partial charge in [0, 0.05) is 17.4 Å². The van der Waals surface area contributed by atoms with Gasteiger partial charge in [-0.1, -0.05) is 17.7 Å². The number of amides is 1. The van der Waals surface area contributed by atoms with Gasteiger partial charge < -0.3 is 10.5 Å². The van der Waals surface area contributed by atoms with Crippen LogP contribution < -0.4 is 15.8 Å². The van der Waals surface area contributed by atoms with Gasteiger partial charge in [0.25, 0.3) is 5.91 Å². The van der Waals surface area contributed by atoms with Crippen LogP contribution in [0.15, 0.2) is 24.3 Å². The zero-order chi connectivity index (χ0) is 14.7. The maximum Gasteiger partial charge on any atom is 0.261 e. The molecule has 0 aliphatic carbocycles. The Bertz CT molecular complexity index is 641. The maximum atomic E-state index is 12.2. The third-order valence-electron chi connectivity index (χ3n) is 2.54. The van der Waals surface area contributed by atoms with Crippen LogP contribution in [0.3, 0.4) is 0 Å². The van der Waals surface area contributed by atoms with Crippen molar-refractivity contribution in [2.24, 2.45) is 0 Å². The van der Waals surface area contributed by atoms with Crippen LogP contribution in [0.2, 0.25) is 5.02 Å². The molecule has 0 spiro atoms. The predicted octanol–water partition coefficient (Wildman–Crippen LogP) is 2.28. The summed E-state index contributed by atoms with van der Waals surface area (Å²) in [6.45, 7) is 1.77. The van der Waals surface area contributed by atoms with Crippen molar-refractivity contribution in [3.63, 3.8) is 0 Å². The number of benzene rings is 1. The van der Waals surface area contributed by atoms with Gasteiger partial charge in [0.05, 0.1) is 17.7 Å². The van der Waals surface area contributed by atoms with E-state index in [-0.39, 0.29) is 22.2 Å². The average molecular weight is 293 g/mol. The maximum absolute atomic E-state index is 12.2. The highest BCUT2D eigenvalue weighted by Gasteiger charge is 2.15. The summed E-state index contributed by atoms with van der Waals surface area (Å²) in [5, 5.41) is 2.82. The average Bonchev–Trinajstić information content (AvgIpc) is 2.37. The van der Waals surface area contributed by atoms with Crippen molar-refractivity contribution in [3.05, 3.63) is 40.5 Å². The third kappa shape index (κ3) is 2.97. The number of nitrogens with one attached hydrogen (secondary N) is 1. The third-order valence-corrected chi connectivity index (χ3v) is 2.85. The molecule has 1 aromatic carbocycles. The number of methoxy groups -OCH3 is 1. The molecule has 2 aromatic rings. The van der Waals surface area contributed by atoms with Crippen LogP contribution >= 0.6 is 11.6 Å². The summed E-state index contributed by atoms with van der Waals surface area (Å²) >= 11 is 5.97. The number of carbonyl (C=O) groups is 1. The standard InChI is InChI=1S/C13H13ClN4O2/c1-7-6-10(20-2)17-13(16-7)18-12(19)11-8(14)4-3-5-9(11)15/h3-6H,15H2,1-2H3,(H,16,17,18,19). The molecule has 0 saturated heterocycles. The fourth-order valence-corrected chi connectivity index (χ4v) is 1.91. The fraction of sp³-hybridized carbons (Fsp3) is 0.154. The molecule has 0 aliphatic rings. The molecule has 2 rings (SSSR count). The van der Waals surface area contributed by atoms with Crippen LogP contribution in [0.4, 0.5) is 11.6 Å². The summed E-state index contributed by atoms with van der Waals surface area (Å²) in [7, 11) is 1.49. The lowest BCUT2D eigenvalue weighted by molar-refractivity contribution is 0.102. The summed E-state index contributed by atoms with van der Waals surface area (Å²) in [5.41, 5.74) is 6.90. The number of halogens is 1. The Morgan fingerprint density at radius 2 is 2.15 bits per heavy atom. The van der Waals surface area contributed by atoms with Crippen LogP contribution in [-0.4, -0.2) is 23.0 Å². The van der Waals surface area contributed by atoms with Crippen LogP contribution in [0, 0.1) is 6.92 Å². The van der Waals surface area contributed by atoms with Gasteiger partial charge in [-0.3, -0.25) is 10.1 Å². The highest BCUT2D eigenvalue weighted by atomic mass is 35.5. The number of nitrogen functional groups attached to an aromatic ring is 1. The molecule has 1 amide bonds. The first kappa shape index (κ1) is 14.1. The summed E-state index contributed by atoms with van der Waals surface area (Å²) in [4.78, 5) is 20.3. The number of rotatable bonds is 3. The Hall–Kier alpha value is -2.34. The van der Waals surface area contributed by atoms with Gasteiger partial charge in [0.2, 0.25) is 11.8 Å². The molecule has 0 aliphatic heterocycles. The molecule has 1 aromatic heterocycles. The molecule has 0 fully saturated rings. The number of nitrogens with two attached hydrogens (primary N) is 1. The normalized spacial score (nSPS) is 10.2. The molecular formula is C13H13ClN4O2. The molecule has 104 valence electrons. The molecule has 1 heterocycles. The number of nitrogens with zero attached hydrogens (tertiary/aromatic N) is 2. The number of aromatic nitrogens is 2. The van der Waals surface area contributed by atoms with E-state index in [1.807, 2.05) is 0 Å². The van der Waals surface area contributed by atoms with E-state index in [0.29, 0.717) is 11.6 Å². The number of ether oxygens (including phenoxy) is 1. The predicted molar refractivity (Wildman–Crippen MR) is 77.1 cm³/mol. The van der Waals surface area contributed by atoms with Gasteiger partial charge in [-0.2, -0.15) is 4.98 Å². The minimum atomic E-state index is -0.472. The number of carbonyl (C=O) groups excluding carboxylic acids is 1. The van der Waals surface area contributed by atoms with Gasteiger partial charge in [0.1, 0.15) is 0 Å². The zero-order valence-corrected chi connectivity index (χ0v) is 11.7. The lowest BCUT2D eigenvalue weighted by Gasteiger charge is -2.09. The van der Waals surface area contributed by atoms with E-state index in [2.05, 4.69) is 15.3 Å². The molecule has 3 N–H and O–H groups in total. The second-order valence-electron chi connectivity index (χ2n) is 4.03. The summed E-state index contributed by atoms with van der Waals surface area (Å²) in [6.07, 6.45) is 0. The van der Waals surface area contributed by atoms with Crippen molar-refractivity contribution in [3.8, 4) is 5.88 Å². The zero-order valence-electron chi connectivity index (χ0n) is 11.0. The van der Waals surface area contributed by atoms with Crippen molar-refractivity contribution >= 4 is 29.1 Å². The molecule has 6 nitrogen and oxygen atoms in total. The Labute approximate surface area is 120 Å². The Kier molecular flexibility index (Phi) is 4.05. The van der Waals surface area contributed by atoms with Crippen molar-refractivity contribution in [2.75, 3.05) is 18.2 Å². The molecule has 20 heavy (non-hydrogen) atoms. The molecule has 0 radical (unpaired) electrons. The highest BCUT2D eigenvalue weighted by Crippen LogP contribution is 2.23. The topological polar surface area (TPSA) is 90.1 Å². The minimum Gasteiger partial charge on any atom is -0.481 e. The number of anilines is 2. The fourth-order valence-electron chi connectivity index (χ4n) is 1.64. The first-order chi connectivity index (χ1) is 9.51. The Morgan fingerprint density at radius 1 is 1.40 bits per heavy atom. The van der Waals surface area contributed by atoms with Gasteiger partial charge in [-0.15, -0.1) is 0 Å². The SMILES string of the molecule is COc1cc(C)nc(NC(=O)c2c(N)cccc2Cl)n1. The van der Waals surface area contributed by atoms with Crippen LogP contribution in [0.5, 0.6) is 5.88 Å². The van der Waals surface area contributed by atoms with Crippen molar-refractivity contribution in [2.45, 2.75) is 6.92 Å². The van der Waals surface area contributed by atoms with Crippen LogP contribution in [0.25, 0.3) is 0 Å². The highest BCUT2D eigenvalue weighted by molar-refractivity contribution is 6.35. The van der Waals surface area contributed by atoms with Gasteiger partial charge in [0.15, 0.2) is 0 Å². The lowest BCUT2D eigenvalue weighted by Crippen LogP contribution is -2.17. The van der Waals surface area contributed by atoms with E-state index in [0.717, 1.165) is 0 Å². The molecule has 0 saturated carbocycles. The first-order valence-electron chi connectivity index (χ1n) is 5.76. The van der Waals surface area contributed by atoms with Crippen molar-refractivity contribution in [1.29, 1.82) is 0 Å². The van der Waals surface area contributed by atoms with Crippen LogP contribution in [0.1, 0.15) is 16.1 Å². The number of hydrogen-bond acceptors (Lipinski definition) is 5. The first-order valence-corrected chi connectivity index (χ1v) is 6.14. The Balaban J connectivity index is 2.30. The van der Waals surface area contributed by atoms with Crippen LogP contribution in [-0.2, 0) is 0 Å². The monoisotopic (exact) mass is 292 g/mol. The van der Waals surface area contributed by atoms with Gasteiger partial charge in [-0.05, 0) is 19.1 Å². The molecule has 7 heteroatoms.